The highest BCUT2D eigenvalue weighted by Crippen LogP contribution is 2.24. The zero-order valence-corrected chi connectivity index (χ0v) is 10.7. The topological polar surface area (TPSA) is 59.4 Å². The molecular weight excluding hydrogens is 240 g/mol. The second-order valence-corrected chi connectivity index (χ2v) is 4.94. The van der Waals surface area contributed by atoms with Gasteiger partial charge in [0.15, 0.2) is 0 Å². The van der Waals surface area contributed by atoms with Crippen LogP contribution in [-0.4, -0.2) is 43.2 Å². The lowest BCUT2D eigenvalue weighted by atomic mass is 10.2. The van der Waals surface area contributed by atoms with Gasteiger partial charge < -0.3 is 10.2 Å². The van der Waals surface area contributed by atoms with Crippen molar-refractivity contribution in [1.82, 2.24) is 10.2 Å². The van der Waals surface area contributed by atoms with Crippen LogP contribution in [0.5, 0.6) is 0 Å². The van der Waals surface area contributed by atoms with E-state index in [-0.39, 0.29) is 6.03 Å². The Morgan fingerprint density at radius 1 is 1.37 bits per heavy atom. The number of urea groups is 1. The number of nitrogens with one attached hydrogen (secondary N) is 1. The first-order chi connectivity index (χ1) is 9.29. The van der Waals surface area contributed by atoms with Crippen LogP contribution in [0.1, 0.15) is 12.0 Å². The minimum Gasteiger partial charge on any atom is -0.318 e. The standard InChI is InChI=1S/C14H16N4O/c15-9-11-2-1-3-12(8-11)17-6-7-18(14(17)19)13-4-5-16-10-13/h1-3,8,13,16H,4-7,10H2. The van der Waals surface area contributed by atoms with Crippen LogP contribution in [0.3, 0.4) is 0 Å². The van der Waals surface area contributed by atoms with Gasteiger partial charge in [-0.05, 0) is 31.2 Å². The number of nitrogens with zero attached hydrogens (tertiary/aromatic N) is 3. The Bertz CT molecular complexity index is 530. The van der Waals surface area contributed by atoms with Gasteiger partial charge in [-0.1, -0.05) is 6.07 Å². The van der Waals surface area contributed by atoms with Crippen LogP contribution in [-0.2, 0) is 0 Å². The number of rotatable bonds is 2. The van der Waals surface area contributed by atoms with Gasteiger partial charge >= 0.3 is 6.03 Å². The molecule has 1 N–H and O–H groups in total. The van der Waals surface area contributed by atoms with E-state index >= 15 is 0 Å². The molecule has 0 aliphatic carbocycles. The fraction of sp³-hybridized carbons (Fsp3) is 0.429. The molecule has 1 aromatic rings. The SMILES string of the molecule is N#Cc1cccc(N2CCN(C3CCNC3)C2=O)c1. The van der Waals surface area contributed by atoms with E-state index in [0.29, 0.717) is 18.2 Å². The molecule has 0 spiro atoms. The number of nitriles is 1. The largest absolute Gasteiger partial charge is 0.324 e. The molecule has 2 aliphatic heterocycles. The number of anilines is 1. The van der Waals surface area contributed by atoms with Crippen LogP contribution in [0.15, 0.2) is 24.3 Å². The third kappa shape index (κ3) is 2.15. The maximum atomic E-state index is 12.4. The Hall–Kier alpha value is -2.06. The van der Waals surface area contributed by atoms with E-state index in [1.165, 1.54) is 0 Å². The Balaban J connectivity index is 1.79. The van der Waals surface area contributed by atoms with Gasteiger partial charge in [0.25, 0.3) is 0 Å². The van der Waals surface area contributed by atoms with Crippen molar-refractivity contribution in [2.45, 2.75) is 12.5 Å². The summed E-state index contributed by atoms with van der Waals surface area (Å²) in [5.41, 5.74) is 1.41. The summed E-state index contributed by atoms with van der Waals surface area (Å²) < 4.78 is 0. The van der Waals surface area contributed by atoms with Gasteiger partial charge in [-0.25, -0.2) is 4.79 Å². The maximum Gasteiger partial charge on any atom is 0.324 e. The number of carbonyl (C=O) groups excluding carboxylic acids is 1. The molecule has 5 heteroatoms. The fourth-order valence-corrected chi connectivity index (χ4v) is 2.78. The molecule has 2 fully saturated rings. The lowest BCUT2D eigenvalue weighted by Crippen LogP contribution is -2.40. The number of amides is 2. The molecule has 3 rings (SSSR count). The summed E-state index contributed by atoms with van der Waals surface area (Å²) in [4.78, 5) is 16.1. The Morgan fingerprint density at radius 3 is 3.00 bits per heavy atom. The molecule has 19 heavy (non-hydrogen) atoms. The van der Waals surface area contributed by atoms with E-state index in [2.05, 4.69) is 11.4 Å². The quantitative estimate of drug-likeness (QED) is 0.864. The fourth-order valence-electron chi connectivity index (χ4n) is 2.78. The molecule has 1 unspecified atom stereocenters. The van der Waals surface area contributed by atoms with E-state index < -0.39 is 0 Å². The summed E-state index contributed by atoms with van der Waals surface area (Å²) in [6.45, 7) is 3.34. The lowest BCUT2D eigenvalue weighted by Gasteiger charge is -2.23. The van der Waals surface area contributed by atoms with Crippen LogP contribution in [0, 0.1) is 11.3 Å². The van der Waals surface area contributed by atoms with Crippen molar-refractivity contribution in [3.8, 4) is 6.07 Å². The molecule has 1 atom stereocenters. The third-order valence-corrected chi connectivity index (χ3v) is 3.80. The van der Waals surface area contributed by atoms with Gasteiger partial charge in [0.05, 0.1) is 11.6 Å². The van der Waals surface area contributed by atoms with Crippen molar-refractivity contribution in [2.24, 2.45) is 0 Å². The molecule has 2 saturated heterocycles. The monoisotopic (exact) mass is 256 g/mol. The average molecular weight is 256 g/mol. The zero-order chi connectivity index (χ0) is 13.2. The molecule has 2 amide bonds. The van der Waals surface area contributed by atoms with Crippen molar-refractivity contribution in [2.75, 3.05) is 31.1 Å². The zero-order valence-electron chi connectivity index (χ0n) is 10.7. The number of carbonyl (C=O) groups is 1. The van der Waals surface area contributed by atoms with Crippen LogP contribution < -0.4 is 10.2 Å². The summed E-state index contributed by atoms with van der Waals surface area (Å²) in [5.74, 6) is 0. The molecular formula is C14H16N4O. The van der Waals surface area contributed by atoms with Gasteiger partial charge in [0, 0.05) is 31.4 Å². The summed E-state index contributed by atoms with van der Waals surface area (Å²) in [5, 5.41) is 12.2. The summed E-state index contributed by atoms with van der Waals surface area (Å²) in [6, 6.07) is 9.72. The van der Waals surface area contributed by atoms with E-state index in [9.17, 15) is 4.79 Å². The molecule has 0 radical (unpaired) electrons. The first-order valence-corrected chi connectivity index (χ1v) is 6.58. The average Bonchev–Trinajstić information content (AvgIpc) is 3.08. The van der Waals surface area contributed by atoms with Gasteiger partial charge in [-0.3, -0.25) is 4.90 Å². The third-order valence-electron chi connectivity index (χ3n) is 3.80. The van der Waals surface area contributed by atoms with E-state index in [1.54, 1.807) is 17.0 Å². The van der Waals surface area contributed by atoms with Crippen LogP contribution in [0.4, 0.5) is 10.5 Å². The highest BCUT2D eigenvalue weighted by atomic mass is 16.2. The first-order valence-electron chi connectivity index (χ1n) is 6.58. The van der Waals surface area contributed by atoms with Gasteiger partial charge in [0.2, 0.25) is 0 Å². The summed E-state index contributed by atoms with van der Waals surface area (Å²) >= 11 is 0. The predicted molar refractivity (Wildman–Crippen MR) is 71.9 cm³/mol. The molecule has 0 aromatic heterocycles. The summed E-state index contributed by atoms with van der Waals surface area (Å²) in [6.07, 6.45) is 1.03. The van der Waals surface area contributed by atoms with Gasteiger partial charge in [-0.2, -0.15) is 5.26 Å². The predicted octanol–water partition coefficient (Wildman–Crippen LogP) is 1.16. The highest BCUT2D eigenvalue weighted by molar-refractivity contribution is 5.94. The van der Waals surface area contributed by atoms with E-state index in [4.69, 9.17) is 5.26 Å². The van der Waals surface area contributed by atoms with Crippen LogP contribution >= 0.6 is 0 Å². The van der Waals surface area contributed by atoms with Crippen molar-refractivity contribution in [3.63, 3.8) is 0 Å². The second-order valence-electron chi connectivity index (χ2n) is 4.94. The molecule has 5 nitrogen and oxygen atoms in total. The van der Waals surface area contributed by atoms with Crippen LogP contribution in [0.2, 0.25) is 0 Å². The minimum atomic E-state index is 0.0591. The van der Waals surface area contributed by atoms with Crippen molar-refractivity contribution in [1.29, 1.82) is 5.26 Å². The smallest absolute Gasteiger partial charge is 0.318 e. The van der Waals surface area contributed by atoms with E-state index in [0.717, 1.165) is 31.7 Å². The van der Waals surface area contributed by atoms with Crippen molar-refractivity contribution < 1.29 is 4.79 Å². The lowest BCUT2D eigenvalue weighted by molar-refractivity contribution is 0.205. The van der Waals surface area contributed by atoms with E-state index in [1.807, 2.05) is 17.0 Å². The number of hydrogen-bond donors (Lipinski definition) is 1. The number of hydrogen-bond acceptors (Lipinski definition) is 3. The molecule has 1 aromatic carbocycles. The van der Waals surface area contributed by atoms with Crippen LogP contribution in [0.25, 0.3) is 0 Å². The Morgan fingerprint density at radius 2 is 2.26 bits per heavy atom. The first kappa shape index (κ1) is 12.0. The molecule has 0 bridgehead atoms. The minimum absolute atomic E-state index is 0.0591. The highest BCUT2D eigenvalue weighted by Gasteiger charge is 2.35. The van der Waals surface area contributed by atoms with Gasteiger partial charge in [-0.15, -0.1) is 0 Å². The Kier molecular flexibility index (Phi) is 3.10. The molecule has 98 valence electrons. The van der Waals surface area contributed by atoms with Crippen molar-refractivity contribution in [3.05, 3.63) is 29.8 Å². The normalized spacial score (nSPS) is 22.9. The summed E-state index contributed by atoms with van der Waals surface area (Å²) in [7, 11) is 0. The second kappa shape index (κ2) is 4.90. The van der Waals surface area contributed by atoms with Gasteiger partial charge in [0.1, 0.15) is 0 Å². The molecule has 2 aliphatic rings. The molecule has 2 heterocycles. The number of benzene rings is 1. The maximum absolute atomic E-state index is 12.4. The van der Waals surface area contributed by atoms with Crippen molar-refractivity contribution >= 4 is 11.7 Å². The Labute approximate surface area is 112 Å². The molecule has 0 saturated carbocycles.